The van der Waals surface area contributed by atoms with Crippen molar-refractivity contribution < 1.29 is 19.1 Å². The number of ether oxygens (including phenoxy) is 2. The van der Waals surface area contributed by atoms with Crippen LogP contribution in [0.25, 0.3) is 0 Å². The SMILES string of the molecule is CC(C)(C)OC(=O)N1CCN(C(=O)OC(C)(C)C)[C@@H](c2ccc(N3CCCCC3)cc2)C1. The van der Waals surface area contributed by atoms with Crippen molar-refractivity contribution in [2.45, 2.75) is 78.0 Å². The predicted octanol–water partition coefficient (Wildman–Crippen LogP) is 5.21. The maximum atomic E-state index is 13.0. The van der Waals surface area contributed by atoms with E-state index in [1.807, 2.05) is 41.5 Å². The highest BCUT2D eigenvalue weighted by Crippen LogP contribution is 2.30. The predicted molar refractivity (Wildman–Crippen MR) is 126 cm³/mol. The van der Waals surface area contributed by atoms with Gasteiger partial charge in [-0.1, -0.05) is 12.1 Å². The van der Waals surface area contributed by atoms with Crippen molar-refractivity contribution in [1.82, 2.24) is 9.80 Å². The van der Waals surface area contributed by atoms with Crippen LogP contribution in [0.3, 0.4) is 0 Å². The van der Waals surface area contributed by atoms with Crippen LogP contribution in [0.5, 0.6) is 0 Å². The minimum atomic E-state index is -0.581. The third kappa shape index (κ3) is 6.53. The molecule has 0 aromatic heterocycles. The highest BCUT2D eigenvalue weighted by atomic mass is 16.6. The molecule has 0 saturated carbocycles. The van der Waals surface area contributed by atoms with Gasteiger partial charge in [0.15, 0.2) is 0 Å². The van der Waals surface area contributed by atoms with Gasteiger partial charge in [0, 0.05) is 38.4 Å². The van der Waals surface area contributed by atoms with E-state index in [4.69, 9.17) is 9.47 Å². The van der Waals surface area contributed by atoms with E-state index < -0.39 is 11.2 Å². The number of amides is 2. The average Bonchev–Trinajstić information content (AvgIpc) is 2.71. The molecule has 7 nitrogen and oxygen atoms in total. The molecule has 2 amide bonds. The second kappa shape index (κ2) is 9.59. The molecule has 2 saturated heterocycles. The maximum Gasteiger partial charge on any atom is 0.410 e. The lowest BCUT2D eigenvalue weighted by atomic mass is 10.0. The lowest BCUT2D eigenvalue weighted by Crippen LogP contribution is -2.54. The molecule has 0 spiro atoms. The summed E-state index contributed by atoms with van der Waals surface area (Å²) in [4.78, 5) is 31.5. The molecule has 2 heterocycles. The molecular formula is C25H39N3O4. The van der Waals surface area contributed by atoms with Gasteiger partial charge in [-0.3, -0.25) is 4.90 Å². The van der Waals surface area contributed by atoms with Gasteiger partial charge in [0.25, 0.3) is 0 Å². The first-order valence-electron chi connectivity index (χ1n) is 11.8. The van der Waals surface area contributed by atoms with Gasteiger partial charge in [-0.15, -0.1) is 0 Å². The van der Waals surface area contributed by atoms with E-state index in [0.29, 0.717) is 19.6 Å². The summed E-state index contributed by atoms with van der Waals surface area (Å²) in [7, 11) is 0. The van der Waals surface area contributed by atoms with E-state index >= 15 is 0 Å². The average molecular weight is 446 g/mol. The highest BCUT2D eigenvalue weighted by molar-refractivity contribution is 5.71. The monoisotopic (exact) mass is 445 g/mol. The first-order valence-corrected chi connectivity index (χ1v) is 11.8. The zero-order chi connectivity index (χ0) is 23.5. The van der Waals surface area contributed by atoms with Crippen LogP contribution >= 0.6 is 0 Å². The zero-order valence-corrected chi connectivity index (χ0v) is 20.5. The van der Waals surface area contributed by atoms with Gasteiger partial charge >= 0.3 is 12.2 Å². The van der Waals surface area contributed by atoms with Crippen molar-refractivity contribution in [3.8, 4) is 0 Å². The summed E-state index contributed by atoms with van der Waals surface area (Å²) >= 11 is 0. The second-order valence-electron chi connectivity index (χ2n) is 10.8. The van der Waals surface area contributed by atoms with Crippen LogP contribution in [0.15, 0.2) is 24.3 Å². The van der Waals surface area contributed by atoms with Gasteiger partial charge in [-0.25, -0.2) is 9.59 Å². The van der Waals surface area contributed by atoms with E-state index in [0.717, 1.165) is 18.7 Å². The number of piperazine rings is 1. The van der Waals surface area contributed by atoms with Crippen LogP contribution in [-0.4, -0.2) is 65.9 Å². The van der Waals surface area contributed by atoms with Crippen LogP contribution in [0, 0.1) is 0 Å². The summed E-state index contributed by atoms with van der Waals surface area (Å²) in [6.45, 7) is 14.5. The molecule has 32 heavy (non-hydrogen) atoms. The number of carbonyl (C=O) groups is 2. The van der Waals surface area contributed by atoms with Crippen LogP contribution in [0.2, 0.25) is 0 Å². The minimum absolute atomic E-state index is 0.290. The molecule has 2 aliphatic rings. The van der Waals surface area contributed by atoms with E-state index in [-0.39, 0.29) is 18.2 Å². The smallest absolute Gasteiger partial charge is 0.410 e. The van der Waals surface area contributed by atoms with Crippen molar-refractivity contribution >= 4 is 17.9 Å². The Bertz CT molecular complexity index is 789. The van der Waals surface area contributed by atoms with E-state index in [2.05, 4.69) is 29.2 Å². The molecule has 1 aromatic carbocycles. The summed E-state index contributed by atoms with van der Waals surface area (Å²) in [5.41, 5.74) is 1.05. The third-order valence-corrected chi connectivity index (χ3v) is 5.66. The molecule has 2 aliphatic heterocycles. The topological polar surface area (TPSA) is 62.3 Å². The molecule has 2 fully saturated rings. The van der Waals surface area contributed by atoms with Crippen LogP contribution in [0.4, 0.5) is 15.3 Å². The molecule has 178 valence electrons. The van der Waals surface area contributed by atoms with Crippen molar-refractivity contribution in [3.63, 3.8) is 0 Å². The summed E-state index contributed by atoms with van der Waals surface area (Å²) in [6, 6.07) is 8.11. The standard InChI is InChI=1S/C25H39N3O4/c1-24(2,3)31-22(29)27-16-17-28(23(30)32-25(4,5)6)21(18-27)19-10-12-20(13-11-19)26-14-8-7-9-15-26/h10-13,21H,7-9,14-18H2,1-6H3/t21-/m1/s1. The van der Waals surface area contributed by atoms with Gasteiger partial charge in [-0.2, -0.15) is 0 Å². The van der Waals surface area contributed by atoms with Crippen molar-refractivity contribution in [2.75, 3.05) is 37.6 Å². The fourth-order valence-electron chi connectivity index (χ4n) is 4.16. The molecule has 3 rings (SSSR count). The molecule has 0 bridgehead atoms. The summed E-state index contributed by atoms with van der Waals surface area (Å²) in [5, 5.41) is 0. The fraction of sp³-hybridized carbons (Fsp3) is 0.680. The van der Waals surface area contributed by atoms with Gasteiger partial charge in [0.05, 0.1) is 6.04 Å². The minimum Gasteiger partial charge on any atom is -0.444 e. The van der Waals surface area contributed by atoms with Crippen molar-refractivity contribution in [2.24, 2.45) is 0 Å². The summed E-state index contributed by atoms with van der Waals surface area (Å²) in [6.07, 6.45) is 3.04. The Morgan fingerprint density at radius 1 is 0.781 bits per heavy atom. The number of hydrogen-bond acceptors (Lipinski definition) is 5. The fourth-order valence-corrected chi connectivity index (χ4v) is 4.16. The highest BCUT2D eigenvalue weighted by Gasteiger charge is 2.37. The Balaban J connectivity index is 1.81. The lowest BCUT2D eigenvalue weighted by Gasteiger charge is -2.42. The maximum absolute atomic E-state index is 13.0. The Kier molecular flexibility index (Phi) is 7.25. The summed E-state index contributed by atoms with van der Waals surface area (Å²) < 4.78 is 11.2. The van der Waals surface area contributed by atoms with Gasteiger partial charge in [0.1, 0.15) is 11.2 Å². The number of nitrogens with zero attached hydrogens (tertiary/aromatic N) is 3. The molecule has 0 unspecified atom stereocenters. The van der Waals surface area contributed by atoms with Crippen LogP contribution < -0.4 is 4.90 Å². The Morgan fingerprint density at radius 2 is 1.34 bits per heavy atom. The number of rotatable bonds is 2. The molecule has 1 atom stereocenters. The Labute approximate surface area is 192 Å². The number of hydrogen-bond donors (Lipinski definition) is 0. The third-order valence-electron chi connectivity index (χ3n) is 5.66. The van der Waals surface area contributed by atoms with E-state index in [9.17, 15) is 9.59 Å². The van der Waals surface area contributed by atoms with Crippen LogP contribution in [0.1, 0.15) is 72.4 Å². The molecular weight excluding hydrogens is 406 g/mol. The lowest BCUT2D eigenvalue weighted by molar-refractivity contribution is -0.0152. The zero-order valence-electron chi connectivity index (χ0n) is 20.5. The number of carbonyl (C=O) groups excluding carboxylic acids is 2. The first kappa shape index (κ1) is 24.2. The molecule has 0 N–H and O–H groups in total. The number of anilines is 1. The number of piperidine rings is 1. The number of benzene rings is 1. The summed E-state index contributed by atoms with van der Waals surface area (Å²) in [5.74, 6) is 0. The first-order chi connectivity index (χ1) is 14.9. The second-order valence-corrected chi connectivity index (χ2v) is 10.8. The normalized spacial score (nSPS) is 20.2. The van der Waals surface area contributed by atoms with E-state index in [1.54, 1.807) is 9.80 Å². The quantitative estimate of drug-likeness (QED) is 0.626. The molecule has 0 radical (unpaired) electrons. The molecule has 7 heteroatoms. The Hall–Kier alpha value is -2.44. The van der Waals surface area contributed by atoms with Gasteiger partial charge in [0.2, 0.25) is 0 Å². The van der Waals surface area contributed by atoms with E-state index in [1.165, 1.54) is 24.9 Å². The molecule has 0 aliphatic carbocycles. The van der Waals surface area contributed by atoms with Gasteiger partial charge < -0.3 is 19.3 Å². The Morgan fingerprint density at radius 3 is 1.91 bits per heavy atom. The molecule has 1 aromatic rings. The van der Waals surface area contributed by atoms with Crippen LogP contribution in [-0.2, 0) is 9.47 Å². The van der Waals surface area contributed by atoms with Crippen molar-refractivity contribution in [3.05, 3.63) is 29.8 Å². The largest absolute Gasteiger partial charge is 0.444 e. The van der Waals surface area contributed by atoms with Gasteiger partial charge in [-0.05, 0) is 78.5 Å². The van der Waals surface area contributed by atoms with Crippen molar-refractivity contribution in [1.29, 1.82) is 0 Å².